The maximum absolute atomic E-state index is 12.1. The van der Waals surface area contributed by atoms with Gasteiger partial charge in [-0.05, 0) is 25.1 Å². The summed E-state index contributed by atoms with van der Waals surface area (Å²) in [7, 11) is 1.84. The van der Waals surface area contributed by atoms with E-state index in [1.807, 2.05) is 26.2 Å². The van der Waals surface area contributed by atoms with Gasteiger partial charge in [0.25, 0.3) is 0 Å². The van der Waals surface area contributed by atoms with Gasteiger partial charge in [-0.15, -0.1) is 11.8 Å². The zero-order chi connectivity index (χ0) is 14.5. The van der Waals surface area contributed by atoms with Crippen molar-refractivity contribution in [3.05, 3.63) is 42.2 Å². The van der Waals surface area contributed by atoms with Gasteiger partial charge in [-0.25, -0.2) is 0 Å². The molecule has 2 rings (SSSR count). The highest BCUT2D eigenvalue weighted by atomic mass is 32.2. The standard InChI is InChI=1S/C14H14N4OS/c1-10(20-13-8-16-18(2)9-13)14(19)17-12-5-3-4-11(6-12)7-15/h3-6,8-10H,1-2H3,(H,17,19). The fraction of sp³-hybridized carbons (Fsp3) is 0.214. The third-order valence-corrected chi connectivity index (χ3v) is 3.67. The van der Waals surface area contributed by atoms with Crippen LogP contribution in [0.4, 0.5) is 5.69 Å². The van der Waals surface area contributed by atoms with Crippen LogP contribution in [0.15, 0.2) is 41.6 Å². The van der Waals surface area contributed by atoms with Crippen LogP contribution in [-0.4, -0.2) is 20.9 Å². The molecule has 0 aliphatic carbocycles. The summed E-state index contributed by atoms with van der Waals surface area (Å²) >= 11 is 1.44. The van der Waals surface area contributed by atoms with Crippen LogP contribution >= 0.6 is 11.8 Å². The third kappa shape index (κ3) is 3.62. The molecule has 1 atom stereocenters. The summed E-state index contributed by atoms with van der Waals surface area (Å²) in [5.41, 5.74) is 1.16. The molecule has 0 radical (unpaired) electrons. The summed E-state index contributed by atoms with van der Waals surface area (Å²) in [6, 6.07) is 8.90. The van der Waals surface area contributed by atoms with E-state index in [0.29, 0.717) is 11.3 Å². The average molecular weight is 286 g/mol. The largest absolute Gasteiger partial charge is 0.325 e. The Bertz CT molecular complexity index is 659. The van der Waals surface area contributed by atoms with Gasteiger partial charge >= 0.3 is 0 Å². The molecule has 0 bridgehead atoms. The van der Waals surface area contributed by atoms with Crippen LogP contribution in [0.25, 0.3) is 0 Å². The van der Waals surface area contributed by atoms with Gasteiger partial charge < -0.3 is 5.32 Å². The molecule has 102 valence electrons. The molecular formula is C14H14N4OS. The number of aromatic nitrogens is 2. The van der Waals surface area contributed by atoms with Gasteiger partial charge in [-0.3, -0.25) is 9.48 Å². The van der Waals surface area contributed by atoms with E-state index >= 15 is 0 Å². The molecule has 1 aromatic heterocycles. The van der Waals surface area contributed by atoms with Crippen LogP contribution in [0, 0.1) is 11.3 Å². The molecule has 20 heavy (non-hydrogen) atoms. The van der Waals surface area contributed by atoms with Crippen LogP contribution in [0.2, 0.25) is 0 Å². The van der Waals surface area contributed by atoms with Gasteiger partial charge in [0.05, 0.1) is 23.1 Å². The second kappa shape index (κ2) is 6.26. The first-order chi connectivity index (χ1) is 9.58. The smallest absolute Gasteiger partial charge is 0.237 e. The number of amides is 1. The van der Waals surface area contributed by atoms with E-state index in [2.05, 4.69) is 10.4 Å². The van der Waals surface area contributed by atoms with Crippen molar-refractivity contribution in [3.8, 4) is 6.07 Å². The molecule has 6 heteroatoms. The predicted molar refractivity (Wildman–Crippen MR) is 78.3 cm³/mol. The van der Waals surface area contributed by atoms with E-state index in [1.165, 1.54) is 11.8 Å². The Morgan fingerprint density at radius 1 is 1.55 bits per heavy atom. The molecule has 0 aliphatic rings. The molecule has 1 unspecified atom stereocenters. The number of hydrogen-bond acceptors (Lipinski definition) is 4. The highest BCUT2D eigenvalue weighted by molar-refractivity contribution is 8.00. The SMILES string of the molecule is CC(Sc1cnn(C)c1)C(=O)Nc1cccc(C#N)c1. The molecule has 0 fully saturated rings. The average Bonchev–Trinajstić information content (AvgIpc) is 2.84. The Balaban J connectivity index is 1.98. The Hall–Kier alpha value is -2.26. The Labute approximate surface area is 121 Å². The summed E-state index contributed by atoms with van der Waals surface area (Å²) in [6.07, 6.45) is 3.59. The summed E-state index contributed by atoms with van der Waals surface area (Å²) in [5.74, 6) is -0.103. The van der Waals surface area contributed by atoms with Crippen LogP contribution in [-0.2, 0) is 11.8 Å². The molecule has 1 heterocycles. The first kappa shape index (κ1) is 14.2. The number of carbonyl (C=O) groups excluding carboxylic acids is 1. The minimum atomic E-state index is -0.245. The van der Waals surface area contributed by atoms with Gasteiger partial charge in [-0.2, -0.15) is 10.4 Å². The normalized spacial score (nSPS) is 11.7. The number of thioether (sulfide) groups is 1. The van der Waals surface area contributed by atoms with Crippen molar-refractivity contribution in [2.24, 2.45) is 7.05 Å². The molecule has 1 aromatic carbocycles. The van der Waals surface area contributed by atoms with Crippen LogP contribution in [0.5, 0.6) is 0 Å². The van der Waals surface area contributed by atoms with Gasteiger partial charge in [0.15, 0.2) is 0 Å². The third-order valence-electron chi connectivity index (χ3n) is 2.62. The van der Waals surface area contributed by atoms with E-state index < -0.39 is 0 Å². The number of aryl methyl sites for hydroxylation is 1. The monoisotopic (exact) mass is 286 g/mol. The highest BCUT2D eigenvalue weighted by Gasteiger charge is 2.15. The fourth-order valence-corrected chi connectivity index (χ4v) is 2.52. The minimum absolute atomic E-state index is 0.103. The molecule has 0 saturated heterocycles. The maximum Gasteiger partial charge on any atom is 0.237 e. The van der Waals surface area contributed by atoms with Crippen molar-refractivity contribution in [1.82, 2.24) is 9.78 Å². The van der Waals surface area contributed by atoms with Crippen molar-refractivity contribution < 1.29 is 4.79 Å². The first-order valence-corrected chi connectivity index (χ1v) is 6.93. The number of nitriles is 1. The second-order valence-electron chi connectivity index (χ2n) is 4.29. The van der Waals surface area contributed by atoms with Crippen molar-refractivity contribution in [3.63, 3.8) is 0 Å². The molecular weight excluding hydrogens is 272 g/mol. The Kier molecular flexibility index (Phi) is 4.43. The molecule has 0 spiro atoms. The van der Waals surface area contributed by atoms with Crippen LogP contribution in [0.3, 0.4) is 0 Å². The quantitative estimate of drug-likeness (QED) is 0.876. The molecule has 1 amide bonds. The molecule has 2 aromatic rings. The topological polar surface area (TPSA) is 70.7 Å². The second-order valence-corrected chi connectivity index (χ2v) is 5.71. The highest BCUT2D eigenvalue weighted by Crippen LogP contribution is 2.23. The van der Waals surface area contributed by atoms with Crippen molar-refractivity contribution >= 4 is 23.4 Å². The van der Waals surface area contributed by atoms with Crippen LogP contribution < -0.4 is 5.32 Å². The predicted octanol–water partition coefficient (Wildman–Crippen LogP) is 2.41. The Morgan fingerprint density at radius 2 is 2.35 bits per heavy atom. The molecule has 1 N–H and O–H groups in total. The summed E-state index contributed by atoms with van der Waals surface area (Å²) in [5, 5.41) is 15.5. The van der Waals surface area contributed by atoms with Crippen molar-refractivity contribution in [2.75, 3.05) is 5.32 Å². The summed E-state index contributed by atoms with van der Waals surface area (Å²) in [4.78, 5) is 13.0. The summed E-state index contributed by atoms with van der Waals surface area (Å²) in [6.45, 7) is 1.83. The number of benzene rings is 1. The number of carbonyl (C=O) groups is 1. The van der Waals surface area contributed by atoms with Crippen molar-refractivity contribution in [1.29, 1.82) is 5.26 Å². The summed E-state index contributed by atoms with van der Waals surface area (Å²) < 4.78 is 1.70. The lowest BCUT2D eigenvalue weighted by Crippen LogP contribution is -2.22. The molecule has 0 saturated carbocycles. The van der Waals surface area contributed by atoms with E-state index in [0.717, 1.165) is 4.90 Å². The lowest BCUT2D eigenvalue weighted by atomic mass is 10.2. The number of rotatable bonds is 4. The van der Waals surface area contributed by atoms with E-state index in [9.17, 15) is 4.79 Å². The Morgan fingerprint density at radius 3 is 3.00 bits per heavy atom. The minimum Gasteiger partial charge on any atom is -0.325 e. The van der Waals surface area contributed by atoms with E-state index in [1.54, 1.807) is 35.1 Å². The molecule has 5 nitrogen and oxygen atoms in total. The number of anilines is 1. The number of hydrogen-bond donors (Lipinski definition) is 1. The zero-order valence-corrected chi connectivity index (χ0v) is 12.0. The lowest BCUT2D eigenvalue weighted by Gasteiger charge is -2.11. The molecule has 0 aliphatic heterocycles. The van der Waals surface area contributed by atoms with Crippen molar-refractivity contribution in [2.45, 2.75) is 17.1 Å². The van der Waals surface area contributed by atoms with Crippen LogP contribution in [0.1, 0.15) is 12.5 Å². The number of nitrogens with zero attached hydrogens (tertiary/aromatic N) is 3. The zero-order valence-electron chi connectivity index (χ0n) is 11.2. The van der Waals surface area contributed by atoms with Gasteiger partial charge in [0, 0.05) is 23.8 Å². The first-order valence-electron chi connectivity index (χ1n) is 6.05. The van der Waals surface area contributed by atoms with Gasteiger partial charge in [-0.1, -0.05) is 6.07 Å². The fourth-order valence-electron chi connectivity index (χ4n) is 1.63. The van der Waals surface area contributed by atoms with Gasteiger partial charge in [0.2, 0.25) is 5.91 Å². The number of nitrogens with one attached hydrogen (secondary N) is 1. The van der Waals surface area contributed by atoms with E-state index in [4.69, 9.17) is 5.26 Å². The lowest BCUT2D eigenvalue weighted by molar-refractivity contribution is -0.115. The maximum atomic E-state index is 12.1. The van der Waals surface area contributed by atoms with E-state index in [-0.39, 0.29) is 11.2 Å². The van der Waals surface area contributed by atoms with Gasteiger partial charge in [0.1, 0.15) is 0 Å².